The van der Waals surface area contributed by atoms with Crippen LogP contribution in [0.5, 0.6) is 0 Å². The van der Waals surface area contributed by atoms with Crippen molar-refractivity contribution in [2.75, 3.05) is 21.1 Å². The van der Waals surface area contributed by atoms with Crippen molar-refractivity contribution >= 4 is 23.9 Å². The van der Waals surface area contributed by atoms with Crippen molar-refractivity contribution in [3.63, 3.8) is 0 Å². The molecule has 0 amide bonds. The fourth-order valence-electron chi connectivity index (χ4n) is 1.86. The van der Waals surface area contributed by atoms with Crippen LogP contribution in [0.1, 0.15) is 10.4 Å². The van der Waals surface area contributed by atoms with Gasteiger partial charge in [-0.1, -0.05) is 30.4 Å². The zero-order chi connectivity index (χ0) is 14.8. The van der Waals surface area contributed by atoms with Crippen LogP contribution in [0.2, 0.25) is 0 Å². The van der Waals surface area contributed by atoms with E-state index < -0.39 is 5.97 Å². The summed E-state index contributed by atoms with van der Waals surface area (Å²) in [6.45, 7) is 0. The number of nitrogens with zero attached hydrogens (tertiary/aromatic N) is 2. The van der Waals surface area contributed by atoms with Gasteiger partial charge in [-0.15, -0.1) is 0 Å². The van der Waals surface area contributed by atoms with Gasteiger partial charge in [0, 0.05) is 12.3 Å². The van der Waals surface area contributed by atoms with Crippen LogP contribution in [0, 0.1) is 4.64 Å². The van der Waals surface area contributed by atoms with E-state index in [2.05, 4.69) is 0 Å². The molecule has 0 N–H and O–H groups in total. The molecule has 1 aromatic heterocycles. The highest BCUT2D eigenvalue weighted by molar-refractivity contribution is 7.71. The number of pyridine rings is 1. The Morgan fingerprint density at radius 2 is 1.75 bits per heavy atom. The van der Waals surface area contributed by atoms with Gasteiger partial charge in [-0.3, -0.25) is 4.48 Å². The lowest BCUT2D eigenvalue weighted by atomic mass is 10.1. The largest absolute Gasteiger partial charge is 0.369 e. The van der Waals surface area contributed by atoms with Gasteiger partial charge in [0.05, 0.1) is 21.1 Å². The molecule has 0 saturated heterocycles. The normalized spacial score (nSPS) is 11.2. The zero-order valence-electron chi connectivity index (χ0n) is 11.7. The lowest BCUT2D eigenvalue weighted by molar-refractivity contribution is 0.0450. The molecule has 0 fully saturated rings. The van der Waals surface area contributed by atoms with Gasteiger partial charge < -0.3 is 4.84 Å². The molecule has 0 atom stereocenters. The van der Waals surface area contributed by atoms with Gasteiger partial charge in [-0.25, -0.2) is 4.79 Å². The van der Waals surface area contributed by atoms with Gasteiger partial charge in [0.1, 0.15) is 15.9 Å². The Hall–Kier alpha value is -1.98. The van der Waals surface area contributed by atoms with E-state index in [0.29, 0.717) is 14.7 Å². The molecule has 0 aliphatic heterocycles. The third kappa shape index (κ3) is 3.12. The molecule has 2 aromatic rings. The van der Waals surface area contributed by atoms with Crippen molar-refractivity contribution in [1.29, 1.82) is 0 Å². The molecule has 5 heteroatoms. The summed E-state index contributed by atoms with van der Waals surface area (Å²) in [7, 11) is 6.00. The fraction of sp³-hybridized carbons (Fsp3) is 0.200. The molecule has 4 nitrogen and oxygen atoms in total. The van der Waals surface area contributed by atoms with E-state index in [1.54, 1.807) is 30.5 Å². The molecule has 0 spiro atoms. The lowest BCUT2D eigenvalue weighted by Crippen LogP contribution is -2.37. The van der Waals surface area contributed by atoms with Crippen LogP contribution in [0.15, 0.2) is 48.7 Å². The molecule has 0 unspecified atom stereocenters. The smallest absolute Gasteiger partial charge is 0.330 e. The molecule has 20 heavy (non-hydrogen) atoms. The van der Waals surface area contributed by atoms with E-state index in [0.717, 1.165) is 5.69 Å². The quantitative estimate of drug-likeness (QED) is 0.643. The van der Waals surface area contributed by atoms with Crippen LogP contribution in [-0.2, 0) is 0 Å². The maximum absolute atomic E-state index is 12.3. The summed E-state index contributed by atoms with van der Waals surface area (Å²) < 4.78 is 2.28. The minimum Gasteiger partial charge on any atom is -0.330 e. The summed E-state index contributed by atoms with van der Waals surface area (Å²) in [6.07, 6.45) is 1.62. The SMILES string of the molecule is C[N+](C)(C)c1ccccc1C(=O)On1ccccc1=S. The highest BCUT2D eigenvalue weighted by Gasteiger charge is 2.23. The van der Waals surface area contributed by atoms with Crippen molar-refractivity contribution in [2.24, 2.45) is 0 Å². The molecule has 2 rings (SSSR count). The highest BCUT2D eigenvalue weighted by atomic mass is 32.1. The van der Waals surface area contributed by atoms with Crippen LogP contribution in [0.3, 0.4) is 0 Å². The number of carbonyl (C=O) groups excluding carboxylic acids is 1. The first-order valence-corrected chi connectivity index (χ1v) is 6.62. The monoisotopic (exact) mass is 289 g/mol. The highest BCUT2D eigenvalue weighted by Crippen LogP contribution is 2.22. The van der Waals surface area contributed by atoms with Crippen LogP contribution >= 0.6 is 12.2 Å². The number of benzene rings is 1. The summed E-state index contributed by atoms with van der Waals surface area (Å²) in [5.74, 6) is -0.420. The Bertz CT molecular complexity index is 687. The van der Waals surface area contributed by atoms with Gasteiger partial charge in [0.25, 0.3) is 0 Å². The maximum Gasteiger partial charge on any atom is 0.369 e. The predicted octanol–water partition coefficient (Wildman–Crippen LogP) is 2.68. The third-order valence-corrected chi connectivity index (χ3v) is 3.13. The minimum absolute atomic E-state index is 0.420. The van der Waals surface area contributed by atoms with Gasteiger partial charge in [-0.2, -0.15) is 4.73 Å². The van der Waals surface area contributed by atoms with E-state index >= 15 is 0 Å². The molecule has 0 radical (unpaired) electrons. The van der Waals surface area contributed by atoms with Crippen LogP contribution < -0.4 is 9.32 Å². The number of para-hydroxylation sites is 1. The van der Waals surface area contributed by atoms with E-state index in [-0.39, 0.29) is 0 Å². The Morgan fingerprint density at radius 3 is 2.40 bits per heavy atom. The first-order chi connectivity index (χ1) is 9.39. The summed E-state index contributed by atoms with van der Waals surface area (Å²) in [4.78, 5) is 17.7. The second-order valence-electron chi connectivity index (χ2n) is 5.27. The maximum atomic E-state index is 12.3. The van der Waals surface area contributed by atoms with Gasteiger partial charge in [0.15, 0.2) is 0 Å². The van der Waals surface area contributed by atoms with Crippen molar-refractivity contribution in [3.05, 3.63) is 58.9 Å². The zero-order valence-corrected chi connectivity index (χ0v) is 12.6. The minimum atomic E-state index is -0.420. The average Bonchev–Trinajstić information content (AvgIpc) is 2.40. The van der Waals surface area contributed by atoms with Crippen LogP contribution in [-0.4, -0.2) is 31.8 Å². The molecular formula is C15H17N2O2S+. The van der Waals surface area contributed by atoms with Crippen molar-refractivity contribution < 1.29 is 9.63 Å². The molecule has 0 aliphatic carbocycles. The molecule has 1 heterocycles. The number of rotatable bonds is 3. The molecule has 0 saturated carbocycles. The van der Waals surface area contributed by atoms with E-state index in [4.69, 9.17) is 17.1 Å². The van der Waals surface area contributed by atoms with Gasteiger partial charge in [0.2, 0.25) is 0 Å². The second kappa shape index (κ2) is 5.56. The van der Waals surface area contributed by atoms with Crippen molar-refractivity contribution in [2.45, 2.75) is 0 Å². The van der Waals surface area contributed by atoms with Gasteiger partial charge in [-0.05, 0) is 18.2 Å². The van der Waals surface area contributed by atoms with Gasteiger partial charge >= 0.3 is 5.97 Å². The Kier molecular flexibility index (Phi) is 4.01. The first kappa shape index (κ1) is 14.4. The van der Waals surface area contributed by atoms with E-state index in [9.17, 15) is 4.79 Å². The van der Waals surface area contributed by atoms with E-state index in [1.807, 2.05) is 39.3 Å². The standard InChI is InChI=1S/C15H17N2O2S/c1-17(2,3)13-9-5-4-8-12(13)15(18)19-16-11-7-6-10-14(16)20/h4-11H,1-3H3/q+1. The average molecular weight is 289 g/mol. The molecule has 0 aliphatic rings. The molecule has 104 valence electrons. The number of hydrogen-bond donors (Lipinski definition) is 0. The fourth-order valence-corrected chi connectivity index (χ4v) is 2.03. The number of aromatic nitrogens is 1. The number of quaternary nitrogens is 1. The Balaban J connectivity index is 2.36. The Morgan fingerprint density at radius 1 is 1.10 bits per heavy atom. The summed E-state index contributed by atoms with van der Waals surface area (Å²) in [5.41, 5.74) is 1.42. The topological polar surface area (TPSA) is 31.2 Å². The Labute approximate surface area is 123 Å². The molecule has 1 aromatic carbocycles. The van der Waals surface area contributed by atoms with Crippen molar-refractivity contribution in [3.8, 4) is 0 Å². The summed E-state index contributed by atoms with van der Waals surface area (Å²) in [6, 6.07) is 12.7. The van der Waals surface area contributed by atoms with Crippen LogP contribution in [0.4, 0.5) is 5.69 Å². The summed E-state index contributed by atoms with van der Waals surface area (Å²) >= 11 is 5.11. The van der Waals surface area contributed by atoms with E-state index in [1.165, 1.54) is 4.73 Å². The number of carbonyl (C=O) groups is 1. The van der Waals surface area contributed by atoms with Crippen LogP contribution in [0.25, 0.3) is 0 Å². The summed E-state index contributed by atoms with van der Waals surface area (Å²) in [5, 5.41) is 0. The molecular weight excluding hydrogens is 272 g/mol. The third-order valence-electron chi connectivity index (χ3n) is 2.82. The second-order valence-corrected chi connectivity index (χ2v) is 5.69. The lowest BCUT2D eigenvalue weighted by Gasteiger charge is -2.25. The first-order valence-electron chi connectivity index (χ1n) is 6.21. The molecule has 0 bridgehead atoms. The van der Waals surface area contributed by atoms with Crippen molar-refractivity contribution in [1.82, 2.24) is 9.21 Å². The number of hydrogen-bond acceptors (Lipinski definition) is 3. The predicted molar refractivity (Wildman–Crippen MR) is 82.2 cm³/mol.